The Labute approximate surface area is 182 Å². The number of rotatable bonds is 9. The molecule has 2 amide bonds. The molecule has 1 rings (SSSR count). The second-order valence-electron chi connectivity index (χ2n) is 9.04. The van der Waals surface area contributed by atoms with Crippen molar-refractivity contribution in [1.82, 2.24) is 5.32 Å². The SMILES string of the molecule is Bc1c(B)c(B)c(C(B)(B)[C@](B)(N)C(=O)N[C@@H](CCCCN)C(N)=O)c(B)c1B. The minimum atomic E-state index is -1.25. The van der Waals surface area contributed by atoms with E-state index in [9.17, 15) is 9.59 Å². The fourth-order valence-electron chi connectivity index (χ4n) is 4.07. The molecule has 0 radical (unpaired) electrons. The van der Waals surface area contributed by atoms with Crippen molar-refractivity contribution in [2.45, 2.75) is 36.0 Å². The molecule has 29 heavy (non-hydrogen) atoms. The van der Waals surface area contributed by atoms with Crippen LogP contribution in [0, 0.1) is 0 Å². The van der Waals surface area contributed by atoms with Gasteiger partial charge in [0.25, 0.3) is 0 Å². The van der Waals surface area contributed by atoms with E-state index in [2.05, 4.69) is 44.5 Å². The van der Waals surface area contributed by atoms with Crippen molar-refractivity contribution in [2.24, 2.45) is 17.2 Å². The van der Waals surface area contributed by atoms with E-state index in [0.29, 0.717) is 19.4 Å². The molecule has 0 heterocycles. The van der Waals surface area contributed by atoms with Gasteiger partial charge in [-0.25, -0.2) is 0 Å². The molecule has 2 atom stereocenters. The number of amides is 2. The zero-order chi connectivity index (χ0) is 22.7. The van der Waals surface area contributed by atoms with E-state index < -0.39 is 22.6 Å². The van der Waals surface area contributed by atoms with Gasteiger partial charge >= 0.3 is 0 Å². The van der Waals surface area contributed by atoms with Crippen molar-refractivity contribution in [3.63, 3.8) is 0 Å². The van der Waals surface area contributed by atoms with Gasteiger partial charge in [0.05, 0.1) is 5.44 Å². The number of benzene rings is 1. The van der Waals surface area contributed by atoms with Crippen LogP contribution in [0.3, 0.4) is 0 Å². The summed E-state index contributed by atoms with van der Waals surface area (Å²) in [7, 11) is 16.2. The van der Waals surface area contributed by atoms with E-state index in [0.717, 1.165) is 22.9 Å². The molecular formula is C15H32B8N4O2. The van der Waals surface area contributed by atoms with Gasteiger partial charge in [0, 0.05) is 0 Å². The highest BCUT2D eigenvalue weighted by molar-refractivity contribution is 6.68. The average Bonchev–Trinajstić information content (AvgIpc) is 2.63. The number of carbonyl (C=O) groups excluding carboxylic acids is 2. The smallest absolute Gasteiger partial charge is 0.240 e. The molecular weight excluding hydrogens is 355 g/mol. The van der Waals surface area contributed by atoms with Crippen molar-refractivity contribution >= 4 is 102 Å². The number of carbonyl (C=O) groups is 2. The number of hydrogen-bond acceptors (Lipinski definition) is 4. The normalized spacial score (nSPS) is 14.7. The first-order valence-electron chi connectivity index (χ1n) is 10.4. The molecule has 0 saturated carbocycles. The van der Waals surface area contributed by atoms with Gasteiger partial charge in [0.1, 0.15) is 68.8 Å². The highest BCUT2D eigenvalue weighted by Crippen LogP contribution is 2.23. The first-order valence-corrected chi connectivity index (χ1v) is 10.4. The van der Waals surface area contributed by atoms with Crippen LogP contribution >= 0.6 is 0 Å². The minimum Gasteiger partial charge on any atom is -0.368 e. The van der Waals surface area contributed by atoms with Crippen molar-refractivity contribution < 1.29 is 9.59 Å². The number of hydrogen-bond donors (Lipinski definition) is 4. The zero-order valence-electron chi connectivity index (χ0n) is 19.5. The van der Waals surface area contributed by atoms with Crippen LogP contribution in [0.4, 0.5) is 0 Å². The second kappa shape index (κ2) is 9.61. The highest BCUT2D eigenvalue weighted by atomic mass is 16.2. The average molecular weight is 387 g/mol. The minimum absolute atomic E-state index is 0.381. The Hall–Kier alpha value is -1.40. The van der Waals surface area contributed by atoms with Crippen molar-refractivity contribution in [1.29, 1.82) is 0 Å². The standard InChI is InChI=1S/C15H32B8N4O2/c16-7-6(8(17)10(19)11(20)9(7)18)14(21,22)15(23,26)13(29)27-5(12(25)28)3-1-2-4-24/h5H,1-4,16-24,26H2,(H2,25,28)(H,27,29)/t5-,15+/m0/s1. The Kier molecular flexibility index (Phi) is 8.49. The molecule has 0 bridgehead atoms. The Balaban J connectivity index is 3.33. The highest BCUT2D eigenvalue weighted by Gasteiger charge is 2.46. The van der Waals surface area contributed by atoms with Crippen LogP contribution in [0.5, 0.6) is 0 Å². The topological polar surface area (TPSA) is 124 Å². The van der Waals surface area contributed by atoms with Gasteiger partial charge in [-0.2, -0.15) is 0 Å². The summed E-state index contributed by atoms with van der Waals surface area (Å²) in [5, 5.41) is 2.12. The first-order chi connectivity index (χ1) is 13.2. The molecule has 7 N–H and O–H groups in total. The molecule has 0 aliphatic carbocycles. The number of nitrogens with one attached hydrogen (secondary N) is 1. The lowest BCUT2D eigenvalue weighted by molar-refractivity contribution is -0.129. The van der Waals surface area contributed by atoms with Gasteiger partial charge in [-0.15, -0.1) is 16.4 Å². The van der Waals surface area contributed by atoms with Crippen LogP contribution in [0.25, 0.3) is 0 Å². The lowest BCUT2D eigenvalue weighted by atomic mass is 9.34. The molecule has 0 fully saturated rings. The Morgan fingerprint density at radius 1 is 0.897 bits per heavy atom. The van der Waals surface area contributed by atoms with E-state index >= 15 is 0 Å². The predicted octanol–water partition coefficient (Wildman–Crippen LogP) is -12.2. The molecule has 0 aromatic heterocycles. The fourth-order valence-corrected chi connectivity index (χ4v) is 4.07. The van der Waals surface area contributed by atoms with E-state index in [1.54, 1.807) is 7.85 Å². The van der Waals surface area contributed by atoms with Gasteiger partial charge in [-0.1, -0.05) is 16.5 Å². The van der Waals surface area contributed by atoms with E-state index in [1.165, 1.54) is 16.4 Å². The number of primary amides is 1. The van der Waals surface area contributed by atoms with Gasteiger partial charge in [0.15, 0.2) is 0 Å². The van der Waals surface area contributed by atoms with Crippen molar-refractivity contribution in [3.8, 4) is 0 Å². The molecule has 6 nitrogen and oxygen atoms in total. The van der Waals surface area contributed by atoms with Crippen LogP contribution < -0.4 is 49.8 Å². The molecule has 0 aliphatic heterocycles. The van der Waals surface area contributed by atoms with Crippen LogP contribution in [0.15, 0.2) is 0 Å². The first kappa shape index (κ1) is 25.6. The molecule has 1 aromatic rings. The van der Waals surface area contributed by atoms with Gasteiger partial charge in [0.2, 0.25) is 11.8 Å². The Morgan fingerprint density at radius 2 is 1.34 bits per heavy atom. The quantitative estimate of drug-likeness (QED) is 0.248. The van der Waals surface area contributed by atoms with Crippen LogP contribution in [0.1, 0.15) is 24.8 Å². The Morgan fingerprint density at radius 3 is 1.76 bits per heavy atom. The van der Waals surface area contributed by atoms with Crippen molar-refractivity contribution in [2.75, 3.05) is 6.54 Å². The number of nitrogens with two attached hydrogens (primary N) is 3. The van der Waals surface area contributed by atoms with Crippen LogP contribution in [-0.2, 0) is 14.8 Å². The van der Waals surface area contributed by atoms with Gasteiger partial charge in [-0.05, 0) is 31.0 Å². The third kappa shape index (κ3) is 5.02. The molecule has 14 heteroatoms. The molecule has 0 spiro atoms. The van der Waals surface area contributed by atoms with Crippen molar-refractivity contribution in [3.05, 3.63) is 5.56 Å². The number of unbranched alkanes of at least 4 members (excludes halogenated alkanes) is 1. The zero-order valence-corrected chi connectivity index (χ0v) is 19.5. The second-order valence-corrected chi connectivity index (χ2v) is 9.04. The monoisotopic (exact) mass is 388 g/mol. The van der Waals surface area contributed by atoms with Crippen LogP contribution in [0.2, 0.25) is 0 Å². The lowest BCUT2D eigenvalue weighted by Gasteiger charge is -2.44. The molecule has 0 aliphatic rings. The van der Waals surface area contributed by atoms with Gasteiger partial charge < -0.3 is 22.5 Å². The third-order valence-corrected chi connectivity index (χ3v) is 6.99. The summed E-state index contributed by atoms with van der Waals surface area (Å²) >= 11 is 0. The summed E-state index contributed by atoms with van der Waals surface area (Å²) in [6.07, 6.45) is 1.94. The summed E-state index contributed by atoms with van der Waals surface area (Å²) in [6, 6.07) is -0.753. The summed E-state index contributed by atoms with van der Waals surface area (Å²) in [5.41, 5.74) is 23.5. The molecule has 1 aromatic carbocycles. The summed E-state index contributed by atoms with van der Waals surface area (Å²) < 4.78 is 0. The maximum Gasteiger partial charge on any atom is 0.240 e. The predicted molar refractivity (Wildman–Crippen MR) is 146 cm³/mol. The largest absolute Gasteiger partial charge is 0.368 e. The maximum atomic E-state index is 13.2. The fraction of sp³-hybridized carbons (Fsp3) is 0.467. The van der Waals surface area contributed by atoms with E-state index in [4.69, 9.17) is 17.2 Å². The summed E-state index contributed by atoms with van der Waals surface area (Å²) in [4.78, 5) is 25.1. The molecule has 148 valence electrons. The Bertz CT molecular complexity index is 774. The molecule has 0 unspecified atom stereocenters. The third-order valence-electron chi connectivity index (χ3n) is 6.99. The summed E-state index contributed by atoms with van der Waals surface area (Å²) in [5.74, 6) is -0.938. The van der Waals surface area contributed by atoms with Gasteiger partial charge in [-0.3, -0.25) is 9.59 Å². The van der Waals surface area contributed by atoms with E-state index in [1.807, 2.05) is 15.7 Å². The molecule has 0 saturated heterocycles. The van der Waals surface area contributed by atoms with E-state index in [-0.39, 0.29) is 5.91 Å². The van der Waals surface area contributed by atoms with Crippen LogP contribution in [-0.4, -0.2) is 92.6 Å². The summed E-state index contributed by atoms with van der Waals surface area (Å²) in [6.45, 7) is 0.533. The lowest BCUT2D eigenvalue weighted by Crippen LogP contribution is -2.73. The maximum absolute atomic E-state index is 13.2.